The van der Waals surface area contributed by atoms with Gasteiger partial charge >= 0.3 is 0 Å². The van der Waals surface area contributed by atoms with Crippen molar-refractivity contribution in [1.29, 1.82) is 0 Å². The molecule has 2 aromatic heterocycles. The van der Waals surface area contributed by atoms with Crippen LogP contribution in [0.4, 0.5) is 5.95 Å². The lowest BCUT2D eigenvalue weighted by Crippen LogP contribution is -2.11. The van der Waals surface area contributed by atoms with Crippen molar-refractivity contribution in [3.05, 3.63) is 82.3 Å². The molecule has 0 amide bonds. The molecule has 2 aromatic carbocycles. The fourth-order valence-corrected chi connectivity index (χ4v) is 2.50. The molecule has 0 unspecified atom stereocenters. The Bertz CT molecular complexity index is 1130. The standard InChI is InChI=1S/C19H15N5O.C2H7N/c1-13-7-9-15(10-8-13)16-12-24-19(21-17(16)25)22-18(23-24)20-11-14-5-3-2-4-6-14;1-3-2/h2-12H,1H3,(H,21,22,23,25);3H,1-2H3. The highest BCUT2D eigenvalue weighted by molar-refractivity contribution is 5.81. The van der Waals surface area contributed by atoms with Gasteiger partial charge < -0.3 is 5.32 Å². The summed E-state index contributed by atoms with van der Waals surface area (Å²) in [4.78, 5) is 23.6. The third-order valence-corrected chi connectivity index (χ3v) is 3.83. The van der Waals surface area contributed by atoms with Gasteiger partial charge in [-0.05, 0) is 32.1 Å². The van der Waals surface area contributed by atoms with Gasteiger partial charge in [0.05, 0.1) is 5.56 Å². The van der Waals surface area contributed by atoms with E-state index in [1.807, 2.05) is 75.6 Å². The zero-order valence-electron chi connectivity index (χ0n) is 16.0. The zero-order valence-corrected chi connectivity index (χ0v) is 16.0. The van der Waals surface area contributed by atoms with Crippen LogP contribution in [-0.2, 0) is 0 Å². The number of benzene rings is 2. The molecule has 2 N–H and O–H groups in total. The molecule has 0 atom stereocenters. The van der Waals surface area contributed by atoms with Crippen LogP contribution < -0.4 is 10.9 Å². The van der Waals surface area contributed by atoms with Crippen LogP contribution in [0.5, 0.6) is 0 Å². The Morgan fingerprint density at radius 3 is 2.43 bits per heavy atom. The molecule has 4 aromatic rings. The largest absolute Gasteiger partial charge is 0.323 e. The second-order valence-electron chi connectivity index (χ2n) is 6.21. The van der Waals surface area contributed by atoms with E-state index < -0.39 is 0 Å². The monoisotopic (exact) mass is 374 g/mol. The van der Waals surface area contributed by atoms with E-state index in [-0.39, 0.29) is 5.56 Å². The maximum Gasteiger partial charge on any atom is 0.270 e. The topological polar surface area (TPSA) is 87.4 Å². The molecule has 0 spiro atoms. The molecule has 0 fully saturated rings. The number of hydrogen-bond acceptors (Lipinski definition) is 5. The number of aromatic nitrogens is 4. The van der Waals surface area contributed by atoms with E-state index in [0.717, 1.165) is 16.7 Å². The van der Waals surface area contributed by atoms with E-state index in [2.05, 4.69) is 25.4 Å². The minimum absolute atomic E-state index is 0.206. The van der Waals surface area contributed by atoms with Gasteiger partial charge in [0.1, 0.15) is 0 Å². The number of aliphatic imine (C=N–C) groups is 1. The van der Waals surface area contributed by atoms with Crippen molar-refractivity contribution in [1.82, 2.24) is 24.9 Å². The van der Waals surface area contributed by atoms with Gasteiger partial charge in [-0.25, -0.2) is 9.51 Å². The minimum atomic E-state index is -0.206. The van der Waals surface area contributed by atoms with Crippen molar-refractivity contribution < 1.29 is 0 Å². The van der Waals surface area contributed by atoms with Crippen molar-refractivity contribution >= 4 is 17.9 Å². The maximum absolute atomic E-state index is 12.3. The molecule has 0 aliphatic heterocycles. The first-order valence-corrected chi connectivity index (χ1v) is 8.85. The quantitative estimate of drug-likeness (QED) is 0.540. The van der Waals surface area contributed by atoms with Crippen LogP contribution in [0, 0.1) is 6.92 Å². The van der Waals surface area contributed by atoms with Gasteiger partial charge in [0.15, 0.2) is 0 Å². The van der Waals surface area contributed by atoms with Crippen molar-refractivity contribution in [3.63, 3.8) is 0 Å². The van der Waals surface area contributed by atoms with Gasteiger partial charge in [0.2, 0.25) is 5.78 Å². The van der Waals surface area contributed by atoms with E-state index in [4.69, 9.17) is 0 Å². The van der Waals surface area contributed by atoms with Crippen LogP contribution in [0.1, 0.15) is 11.1 Å². The molecule has 4 rings (SSSR count). The molecule has 142 valence electrons. The second kappa shape index (κ2) is 8.88. The number of fused-ring (bicyclic) bond motifs is 1. The van der Waals surface area contributed by atoms with Crippen molar-refractivity contribution in [3.8, 4) is 11.1 Å². The van der Waals surface area contributed by atoms with Crippen molar-refractivity contribution in [2.24, 2.45) is 4.99 Å². The molecule has 2 heterocycles. The fraction of sp³-hybridized carbons (Fsp3) is 0.143. The molecular weight excluding hydrogens is 352 g/mol. The predicted octanol–water partition coefficient (Wildman–Crippen LogP) is 2.98. The molecule has 0 aliphatic rings. The third kappa shape index (κ3) is 4.57. The molecule has 0 bridgehead atoms. The first-order valence-electron chi connectivity index (χ1n) is 8.85. The zero-order chi connectivity index (χ0) is 19.9. The predicted molar refractivity (Wildman–Crippen MR) is 112 cm³/mol. The summed E-state index contributed by atoms with van der Waals surface area (Å²) in [5, 5.41) is 7.06. The molecule has 28 heavy (non-hydrogen) atoms. The highest BCUT2D eigenvalue weighted by atomic mass is 16.1. The summed E-state index contributed by atoms with van der Waals surface area (Å²) in [6.45, 7) is 2.01. The van der Waals surface area contributed by atoms with Crippen molar-refractivity contribution in [2.45, 2.75) is 6.92 Å². The van der Waals surface area contributed by atoms with E-state index in [0.29, 0.717) is 17.3 Å². The number of rotatable bonds is 3. The summed E-state index contributed by atoms with van der Waals surface area (Å²) < 4.78 is 1.54. The highest BCUT2D eigenvalue weighted by Crippen LogP contribution is 2.16. The summed E-state index contributed by atoms with van der Waals surface area (Å²) in [7, 11) is 3.75. The summed E-state index contributed by atoms with van der Waals surface area (Å²) in [6.07, 6.45) is 3.36. The van der Waals surface area contributed by atoms with E-state index in [1.54, 1.807) is 12.4 Å². The Hall–Kier alpha value is -3.58. The average Bonchev–Trinajstić information content (AvgIpc) is 3.09. The molecular formula is C21H22N6O. The number of nitrogens with one attached hydrogen (secondary N) is 2. The summed E-state index contributed by atoms with van der Waals surface area (Å²) in [6, 6.07) is 17.5. The van der Waals surface area contributed by atoms with Crippen molar-refractivity contribution in [2.75, 3.05) is 14.1 Å². The van der Waals surface area contributed by atoms with Crippen LogP contribution in [-0.4, -0.2) is 39.9 Å². The number of aromatic amines is 1. The van der Waals surface area contributed by atoms with Crippen LogP contribution in [0.3, 0.4) is 0 Å². The Morgan fingerprint density at radius 1 is 1.07 bits per heavy atom. The molecule has 0 saturated heterocycles. The van der Waals surface area contributed by atoms with Crippen LogP contribution in [0.15, 0.2) is 70.6 Å². The minimum Gasteiger partial charge on any atom is -0.323 e. The van der Waals surface area contributed by atoms with E-state index >= 15 is 0 Å². The van der Waals surface area contributed by atoms with Gasteiger partial charge in [-0.15, -0.1) is 5.10 Å². The van der Waals surface area contributed by atoms with Crippen LogP contribution in [0.25, 0.3) is 16.9 Å². The van der Waals surface area contributed by atoms with Gasteiger partial charge in [-0.1, -0.05) is 60.2 Å². The molecule has 7 nitrogen and oxygen atoms in total. The lowest BCUT2D eigenvalue weighted by atomic mass is 10.1. The van der Waals surface area contributed by atoms with Crippen LogP contribution >= 0.6 is 0 Å². The number of H-pyrrole nitrogens is 1. The van der Waals surface area contributed by atoms with E-state index in [9.17, 15) is 4.79 Å². The first kappa shape index (κ1) is 19.2. The summed E-state index contributed by atoms with van der Waals surface area (Å²) in [5.41, 5.74) is 3.26. The smallest absolute Gasteiger partial charge is 0.270 e. The molecule has 0 aliphatic carbocycles. The maximum atomic E-state index is 12.3. The highest BCUT2D eigenvalue weighted by Gasteiger charge is 2.09. The summed E-state index contributed by atoms with van der Waals surface area (Å²) in [5.74, 6) is 0.654. The first-order chi connectivity index (χ1) is 13.6. The molecule has 7 heteroatoms. The average molecular weight is 374 g/mol. The third-order valence-electron chi connectivity index (χ3n) is 3.83. The molecule has 0 saturated carbocycles. The Balaban J connectivity index is 0.000000706. The normalized spacial score (nSPS) is 10.8. The summed E-state index contributed by atoms with van der Waals surface area (Å²) >= 11 is 0. The fourth-order valence-electron chi connectivity index (χ4n) is 2.50. The van der Waals surface area contributed by atoms with E-state index in [1.165, 1.54) is 4.52 Å². The second-order valence-corrected chi connectivity index (χ2v) is 6.21. The number of nitrogens with zero attached hydrogens (tertiary/aromatic N) is 4. The molecule has 0 radical (unpaired) electrons. The Morgan fingerprint density at radius 2 is 1.75 bits per heavy atom. The van der Waals surface area contributed by atoms with Gasteiger partial charge in [0.25, 0.3) is 11.5 Å². The van der Waals surface area contributed by atoms with Gasteiger partial charge in [-0.3, -0.25) is 9.78 Å². The lowest BCUT2D eigenvalue weighted by Gasteiger charge is -2.01. The SMILES string of the molecule is CNC.Cc1ccc(-c2cn3nc(N=Cc4ccccc4)nc3[nH]c2=O)cc1. The Kier molecular flexibility index (Phi) is 6.08. The van der Waals surface area contributed by atoms with Crippen LogP contribution in [0.2, 0.25) is 0 Å². The van der Waals surface area contributed by atoms with Gasteiger partial charge in [0, 0.05) is 12.4 Å². The van der Waals surface area contributed by atoms with Gasteiger partial charge in [-0.2, -0.15) is 4.98 Å². The Labute approximate surface area is 162 Å². The lowest BCUT2D eigenvalue weighted by molar-refractivity contribution is 0.932. The number of aryl methyl sites for hydroxylation is 1. The number of hydrogen-bond donors (Lipinski definition) is 2.